The Balaban J connectivity index is 2.17. The fourth-order valence-corrected chi connectivity index (χ4v) is 4.30. The molecule has 0 unspecified atom stereocenters. The lowest BCUT2D eigenvalue weighted by Gasteiger charge is -2.31. The second kappa shape index (κ2) is 10.5. The number of nitrogens with zero attached hydrogens (tertiary/aromatic N) is 1. The van der Waals surface area contributed by atoms with Crippen LogP contribution in [0.1, 0.15) is 46.7 Å². The van der Waals surface area contributed by atoms with Crippen LogP contribution >= 0.6 is 0 Å². The zero-order chi connectivity index (χ0) is 22.2. The summed E-state index contributed by atoms with van der Waals surface area (Å²) >= 11 is 0. The highest BCUT2D eigenvalue weighted by Crippen LogP contribution is 2.41. The number of carbonyl (C=O) groups is 1. The molecule has 3 atom stereocenters. The van der Waals surface area contributed by atoms with Gasteiger partial charge in [-0.15, -0.1) is 0 Å². The standard InChI is InChI=1S/C26H27NO4/c1-3-23(19-11-6-4-7-12-19)25(26(28)20-13-8-5-9-14-20)24(18-27(29)30)21-15-10-16-22(17-21)31-2/h4-17,23-25H,3,18H2,1-2H3/t23-,24+,25+/m1/s1. The second-order valence-corrected chi connectivity index (χ2v) is 7.58. The lowest BCUT2D eigenvalue weighted by Crippen LogP contribution is -2.32. The Kier molecular flexibility index (Phi) is 7.55. The van der Waals surface area contributed by atoms with Gasteiger partial charge in [0.15, 0.2) is 5.78 Å². The Labute approximate surface area is 182 Å². The van der Waals surface area contributed by atoms with Crippen molar-refractivity contribution in [2.75, 3.05) is 13.7 Å². The van der Waals surface area contributed by atoms with Gasteiger partial charge in [0.2, 0.25) is 6.54 Å². The molecule has 0 saturated heterocycles. The highest BCUT2D eigenvalue weighted by Gasteiger charge is 2.39. The summed E-state index contributed by atoms with van der Waals surface area (Å²) in [7, 11) is 1.56. The van der Waals surface area contributed by atoms with Crippen molar-refractivity contribution in [2.45, 2.75) is 25.2 Å². The minimum absolute atomic E-state index is 0.0778. The molecule has 5 heteroatoms. The summed E-state index contributed by atoms with van der Waals surface area (Å²) in [6.07, 6.45) is 0.686. The van der Waals surface area contributed by atoms with Crippen LogP contribution in [-0.2, 0) is 0 Å². The zero-order valence-electron chi connectivity index (χ0n) is 17.8. The van der Waals surface area contributed by atoms with E-state index in [0.717, 1.165) is 11.1 Å². The molecular formula is C26H27NO4. The van der Waals surface area contributed by atoms with Gasteiger partial charge in [0.1, 0.15) is 5.75 Å². The minimum atomic E-state index is -0.594. The van der Waals surface area contributed by atoms with Crippen molar-refractivity contribution >= 4 is 5.78 Å². The van der Waals surface area contributed by atoms with Crippen LogP contribution in [0.25, 0.3) is 0 Å². The maximum atomic E-state index is 13.8. The molecule has 0 bridgehead atoms. The van der Waals surface area contributed by atoms with Crippen molar-refractivity contribution in [1.82, 2.24) is 0 Å². The van der Waals surface area contributed by atoms with E-state index in [1.165, 1.54) is 0 Å². The molecule has 0 aromatic heterocycles. The molecule has 0 N–H and O–H groups in total. The largest absolute Gasteiger partial charge is 0.497 e. The Hall–Kier alpha value is -3.47. The van der Waals surface area contributed by atoms with Gasteiger partial charge in [-0.1, -0.05) is 79.7 Å². The third kappa shape index (κ3) is 5.37. The van der Waals surface area contributed by atoms with E-state index < -0.39 is 11.8 Å². The topological polar surface area (TPSA) is 69.4 Å². The van der Waals surface area contributed by atoms with E-state index in [1.807, 2.05) is 67.6 Å². The summed E-state index contributed by atoms with van der Waals surface area (Å²) in [5, 5.41) is 11.7. The fourth-order valence-electron chi connectivity index (χ4n) is 4.30. The minimum Gasteiger partial charge on any atom is -0.497 e. The SMILES string of the molecule is CC[C@H](c1ccccc1)[C@H](C(=O)c1ccccc1)[C@@H](C[N+](=O)[O-])c1cccc(OC)c1. The number of methoxy groups -OCH3 is 1. The van der Waals surface area contributed by atoms with Crippen LogP contribution in [0, 0.1) is 16.0 Å². The molecule has 160 valence electrons. The van der Waals surface area contributed by atoms with Gasteiger partial charge >= 0.3 is 0 Å². The number of rotatable bonds is 10. The number of carbonyl (C=O) groups excluding carboxylic acids is 1. The summed E-state index contributed by atoms with van der Waals surface area (Å²) < 4.78 is 5.35. The van der Waals surface area contributed by atoms with Gasteiger partial charge in [0, 0.05) is 16.4 Å². The van der Waals surface area contributed by atoms with E-state index in [-0.39, 0.29) is 23.2 Å². The van der Waals surface area contributed by atoms with Gasteiger partial charge in [-0.25, -0.2) is 0 Å². The van der Waals surface area contributed by atoms with Crippen LogP contribution in [0.4, 0.5) is 0 Å². The van der Waals surface area contributed by atoms with Gasteiger partial charge in [0.25, 0.3) is 0 Å². The smallest absolute Gasteiger partial charge is 0.211 e. The molecule has 0 radical (unpaired) electrons. The lowest BCUT2D eigenvalue weighted by molar-refractivity contribution is -0.484. The number of nitro groups is 1. The van der Waals surface area contributed by atoms with Gasteiger partial charge in [0.05, 0.1) is 13.0 Å². The Morgan fingerprint density at radius 3 is 2.10 bits per heavy atom. The Morgan fingerprint density at radius 1 is 0.903 bits per heavy atom. The number of hydrogen-bond acceptors (Lipinski definition) is 4. The molecule has 3 rings (SSSR count). The second-order valence-electron chi connectivity index (χ2n) is 7.58. The Morgan fingerprint density at radius 2 is 1.52 bits per heavy atom. The summed E-state index contributed by atoms with van der Waals surface area (Å²) in [5.74, 6) is -0.809. The molecule has 0 spiro atoms. The number of ether oxygens (including phenoxy) is 1. The molecule has 31 heavy (non-hydrogen) atoms. The van der Waals surface area contributed by atoms with Crippen molar-refractivity contribution in [3.8, 4) is 5.75 Å². The van der Waals surface area contributed by atoms with Gasteiger partial charge in [-0.05, 0) is 35.6 Å². The molecular weight excluding hydrogens is 390 g/mol. The summed E-state index contributed by atoms with van der Waals surface area (Å²) in [5.41, 5.74) is 2.31. The third-order valence-corrected chi connectivity index (χ3v) is 5.76. The Bertz CT molecular complexity index is 1000. The van der Waals surface area contributed by atoms with Crippen molar-refractivity contribution in [3.05, 3.63) is 112 Å². The average Bonchev–Trinajstić information content (AvgIpc) is 2.82. The maximum Gasteiger partial charge on any atom is 0.211 e. The third-order valence-electron chi connectivity index (χ3n) is 5.76. The summed E-state index contributed by atoms with van der Waals surface area (Å²) in [4.78, 5) is 25.2. The van der Waals surface area contributed by atoms with Gasteiger partial charge in [-0.2, -0.15) is 0 Å². The first kappa shape index (κ1) is 22.2. The van der Waals surface area contributed by atoms with Gasteiger partial charge < -0.3 is 4.74 Å². The normalized spacial score (nSPS) is 13.7. The van der Waals surface area contributed by atoms with E-state index in [9.17, 15) is 14.9 Å². The van der Waals surface area contributed by atoms with Crippen LogP contribution in [-0.4, -0.2) is 24.4 Å². The summed E-state index contributed by atoms with van der Waals surface area (Å²) in [6, 6.07) is 26.1. The fraction of sp³-hybridized carbons (Fsp3) is 0.269. The van der Waals surface area contributed by atoms with E-state index in [1.54, 1.807) is 31.4 Å². The van der Waals surface area contributed by atoms with Crippen LogP contribution in [0.15, 0.2) is 84.9 Å². The van der Waals surface area contributed by atoms with Gasteiger partial charge in [-0.3, -0.25) is 14.9 Å². The van der Waals surface area contributed by atoms with Crippen molar-refractivity contribution in [3.63, 3.8) is 0 Å². The number of hydrogen-bond donors (Lipinski definition) is 0. The predicted molar refractivity (Wildman–Crippen MR) is 121 cm³/mol. The lowest BCUT2D eigenvalue weighted by atomic mass is 9.70. The number of benzene rings is 3. The molecule has 0 aliphatic rings. The molecule has 3 aromatic rings. The van der Waals surface area contributed by atoms with Crippen molar-refractivity contribution < 1.29 is 14.5 Å². The highest BCUT2D eigenvalue weighted by molar-refractivity contribution is 5.99. The van der Waals surface area contributed by atoms with E-state index in [4.69, 9.17) is 4.74 Å². The quantitative estimate of drug-likeness (QED) is 0.239. The molecule has 0 amide bonds. The maximum absolute atomic E-state index is 13.8. The highest BCUT2D eigenvalue weighted by atomic mass is 16.6. The molecule has 3 aromatic carbocycles. The number of Topliss-reactive ketones (excluding diaryl/α,β-unsaturated/α-hetero) is 1. The van der Waals surface area contributed by atoms with Crippen molar-refractivity contribution in [2.24, 2.45) is 5.92 Å². The first-order valence-corrected chi connectivity index (χ1v) is 10.4. The predicted octanol–water partition coefficient (Wildman–Crippen LogP) is 5.75. The van der Waals surface area contributed by atoms with Crippen LogP contribution in [0.5, 0.6) is 5.75 Å². The molecule has 0 aliphatic heterocycles. The first-order valence-electron chi connectivity index (χ1n) is 10.4. The average molecular weight is 418 g/mol. The van der Waals surface area contributed by atoms with Crippen LogP contribution < -0.4 is 4.74 Å². The zero-order valence-corrected chi connectivity index (χ0v) is 17.8. The van der Waals surface area contributed by atoms with Crippen LogP contribution in [0.2, 0.25) is 0 Å². The first-order chi connectivity index (χ1) is 15.0. The molecule has 0 aliphatic carbocycles. The number of ketones is 1. The van der Waals surface area contributed by atoms with Crippen LogP contribution in [0.3, 0.4) is 0 Å². The van der Waals surface area contributed by atoms with Crippen molar-refractivity contribution in [1.29, 1.82) is 0 Å². The summed E-state index contributed by atoms with van der Waals surface area (Å²) in [6.45, 7) is 1.69. The van der Waals surface area contributed by atoms with E-state index in [2.05, 4.69) is 0 Å². The molecule has 0 fully saturated rings. The molecule has 5 nitrogen and oxygen atoms in total. The van der Waals surface area contributed by atoms with E-state index >= 15 is 0 Å². The molecule has 0 saturated carbocycles. The molecule has 0 heterocycles. The monoisotopic (exact) mass is 417 g/mol. The van der Waals surface area contributed by atoms with E-state index in [0.29, 0.717) is 17.7 Å².